The summed E-state index contributed by atoms with van der Waals surface area (Å²) in [6.45, 7) is 8.41. The van der Waals surface area contributed by atoms with Crippen molar-refractivity contribution in [3.63, 3.8) is 0 Å². The molecule has 4 atom stereocenters. The van der Waals surface area contributed by atoms with Crippen LogP contribution >= 0.6 is 0 Å². The number of hydrogen-bond donors (Lipinski definition) is 0. The summed E-state index contributed by atoms with van der Waals surface area (Å²) in [4.78, 5) is 0. The van der Waals surface area contributed by atoms with Gasteiger partial charge in [0.05, 0.1) is 6.97 Å². The molecule has 2 fully saturated rings. The fourth-order valence-corrected chi connectivity index (χ4v) is 4.59. The molecular formula is C16H26O. The number of fused-ring (bicyclic) bond motifs is 3. The van der Waals surface area contributed by atoms with E-state index in [4.69, 9.17) is 6.11 Å². The van der Waals surface area contributed by atoms with Gasteiger partial charge in [0.2, 0.25) is 0 Å². The van der Waals surface area contributed by atoms with Gasteiger partial charge in [0.15, 0.2) is 0 Å². The van der Waals surface area contributed by atoms with Crippen molar-refractivity contribution in [1.29, 1.82) is 0 Å². The smallest absolute Gasteiger partial charge is 0.0726 e. The molecule has 0 aromatic carbocycles. The van der Waals surface area contributed by atoms with Crippen LogP contribution in [0.2, 0.25) is 0 Å². The highest BCUT2D eigenvalue weighted by Crippen LogP contribution is 2.62. The van der Waals surface area contributed by atoms with Crippen LogP contribution in [0, 0.1) is 16.7 Å². The van der Waals surface area contributed by atoms with Gasteiger partial charge in [-0.1, -0.05) is 38.8 Å². The second kappa shape index (κ2) is 3.38. The van der Waals surface area contributed by atoms with Crippen LogP contribution in [0.3, 0.4) is 0 Å². The molecule has 0 unspecified atom stereocenters. The highest BCUT2D eigenvalue weighted by Gasteiger charge is 2.56. The summed E-state index contributed by atoms with van der Waals surface area (Å²) in [5.74, 6) is -0.645. The van der Waals surface area contributed by atoms with E-state index in [0.717, 1.165) is 12.8 Å². The number of ether oxygens (including phenoxy) is 1. The number of allylic oxidation sites excluding steroid dienone is 1. The summed E-state index contributed by atoms with van der Waals surface area (Å²) in [6.07, 6.45) is 7.14. The summed E-state index contributed by atoms with van der Waals surface area (Å²) in [5, 5.41) is 0. The van der Waals surface area contributed by atoms with Gasteiger partial charge in [-0.15, -0.1) is 0 Å². The predicted octanol–water partition coefficient (Wildman–Crippen LogP) is 4.33. The minimum absolute atomic E-state index is 0.127. The molecule has 2 aliphatic carbocycles. The molecule has 1 saturated carbocycles. The van der Waals surface area contributed by atoms with Crippen molar-refractivity contribution >= 4 is 0 Å². The first-order valence-corrected chi connectivity index (χ1v) is 6.96. The van der Waals surface area contributed by atoms with Crippen LogP contribution in [0.15, 0.2) is 11.6 Å². The molecule has 17 heavy (non-hydrogen) atoms. The minimum Gasteiger partial charge on any atom is -0.375 e. The first-order chi connectivity index (χ1) is 8.65. The molecule has 3 aliphatic rings. The van der Waals surface area contributed by atoms with E-state index in [1.807, 2.05) is 0 Å². The Labute approximate surface area is 108 Å². The highest BCUT2D eigenvalue weighted by molar-refractivity contribution is 5.30. The molecule has 1 heterocycles. The van der Waals surface area contributed by atoms with Crippen LogP contribution < -0.4 is 0 Å². The molecule has 1 nitrogen and oxygen atoms in total. The van der Waals surface area contributed by atoms with Gasteiger partial charge in [0, 0.05) is 7.95 Å². The van der Waals surface area contributed by atoms with Crippen LogP contribution in [-0.2, 0) is 4.74 Å². The number of hydrogen-bond acceptors (Lipinski definition) is 1. The third-order valence-corrected chi connectivity index (χ3v) is 5.43. The van der Waals surface area contributed by atoms with Crippen LogP contribution in [0.4, 0.5) is 0 Å². The maximum absolute atomic E-state index is 9.18. The first-order valence-electron chi connectivity index (χ1n) is 8.04. The lowest BCUT2D eigenvalue weighted by atomic mass is 9.50. The van der Waals surface area contributed by atoms with Crippen molar-refractivity contribution in [2.24, 2.45) is 16.7 Å². The van der Waals surface area contributed by atoms with E-state index in [9.17, 15) is 1.37 Å². The number of rotatable bonds is 0. The second-order valence-corrected chi connectivity index (χ2v) is 7.09. The zero-order chi connectivity index (χ0) is 14.1. The first kappa shape index (κ1) is 9.61. The molecular weight excluding hydrogens is 208 g/mol. The fourth-order valence-electron chi connectivity index (χ4n) is 4.59. The van der Waals surface area contributed by atoms with Crippen LogP contribution in [0.25, 0.3) is 0 Å². The van der Waals surface area contributed by atoms with Gasteiger partial charge in [0.25, 0.3) is 0 Å². The maximum atomic E-state index is 9.18. The normalized spacial score (nSPS) is 58.6. The maximum Gasteiger partial charge on any atom is 0.0726 e. The van der Waals surface area contributed by atoms with Gasteiger partial charge < -0.3 is 4.74 Å². The Bertz CT molecular complexity index is 444. The summed E-state index contributed by atoms with van der Waals surface area (Å²) >= 11 is 0. The van der Waals surface area contributed by atoms with Crippen molar-refractivity contribution in [2.75, 3.05) is 6.58 Å². The summed E-state index contributed by atoms with van der Waals surface area (Å²) < 4.78 is 23.1. The van der Waals surface area contributed by atoms with E-state index in [2.05, 4.69) is 33.8 Å². The van der Waals surface area contributed by atoms with Crippen molar-refractivity contribution in [3.05, 3.63) is 11.6 Å². The van der Waals surface area contributed by atoms with Crippen molar-refractivity contribution in [2.45, 2.75) is 65.4 Å². The van der Waals surface area contributed by atoms with Crippen LogP contribution in [-0.4, -0.2) is 12.2 Å². The Morgan fingerprint density at radius 1 is 1.35 bits per heavy atom. The SMILES string of the molecule is [2H][C@@H]1C[C@@]2([2H])[C@@](C)(CC=C3C(C)(C)CCC[C@@]32C)O1. The molecule has 1 aliphatic heterocycles. The van der Waals surface area contributed by atoms with Crippen LogP contribution in [0.1, 0.15) is 62.5 Å². The predicted molar refractivity (Wildman–Crippen MR) is 70.9 cm³/mol. The van der Waals surface area contributed by atoms with Crippen molar-refractivity contribution in [3.8, 4) is 0 Å². The Hall–Kier alpha value is -0.300. The zero-order valence-corrected chi connectivity index (χ0v) is 11.6. The van der Waals surface area contributed by atoms with Gasteiger partial charge in [-0.2, -0.15) is 0 Å². The van der Waals surface area contributed by atoms with Gasteiger partial charge in [-0.3, -0.25) is 0 Å². The Kier molecular flexibility index (Phi) is 1.91. The lowest BCUT2D eigenvalue weighted by Gasteiger charge is -2.55. The van der Waals surface area contributed by atoms with Crippen LogP contribution in [0.5, 0.6) is 0 Å². The highest BCUT2D eigenvalue weighted by atomic mass is 16.5. The molecule has 0 N–H and O–H groups in total. The second-order valence-electron chi connectivity index (χ2n) is 7.09. The van der Waals surface area contributed by atoms with Gasteiger partial charge in [-0.25, -0.2) is 0 Å². The molecule has 0 spiro atoms. The summed E-state index contributed by atoms with van der Waals surface area (Å²) in [5.41, 5.74) is 1.04. The molecule has 0 amide bonds. The van der Waals surface area contributed by atoms with Crippen molar-refractivity contribution in [1.82, 2.24) is 0 Å². The van der Waals surface area contributed by atoms with E-state index >= 15 is 0 Å². The average molecular weight is 236 g/mol. The Morgan fingerprint density at radius 2 is 2.12 bits per heavy atom. The zero-order valence-electron chi connectivity index (χ0n) is 13.6. The van der Waals surface area contributed by atoms with E-state index < -0.39 is 18.1 Å². The third-order valence-electron chi connectivity index (χ3n) is 5.43. The van der Waals surface area contributed by atoms with Gasteiger partial charge in [0.1, 0.15) is 0 Å². The quantitative estimate of drug-likeness (QED) is 0.569. The van der Waals surface area contributed by atoms with E-state index in [1.54, 1.807) is 0 Å². The Morgan fingerprint density at radius 3 is 2.88 bits per heavy atom. The molecule has 0 aromatic heterocycles. The van der Waals surface area contributed by atoms with E-state index in [0.29, 0.717) is 6.42 Å². The standard InChI is InChI=1S/C16H26O/c1-14(2)8-5-9-15(3)12(14)6-10-16(4)13(15)7-11-17-16/h6,13H,5,7-11H2,1-4H3/t13-,15+,16-/m1/s1/i11D,13D/t11-,13-,15+,16-. The van der Waals surface area contributed by atoms with Gasteiger partial charge >= 0.3 is 0 Å². The van der Waals surface area contributed by atoms with E-state index in [-0.39, 0.29) is 10.8 Å². The summed E-state index contributed by atoms with van der Waals surface area (Å²) in [6, 6.07) is 0. The lowest BCUT2D eigenvalue weighted by molar-refractivity contribution is -0.0523. The average Bonchev–Trinajstić information content (AvgIpc) is 2.48. The minimum atomic E-state index is -0.645. The monoisotopic (exact) mass is 236 g/mol. The molecule has 96 valence electrons. The molecule has 0 aromatic rings. The largest absolute Gasteiger partial charge is 0.375 e. The topological polar surface area (TPSA) is 9.23 Å². The Balaban J connectivity index is 2.15. The third kappa shape index (κ3) is 1.47. The fraction of sp³-hybridized carbons (Fsp3) is 0.875. The molecule has 1 saturated heterocycles. The molecule has 0 radical (unpaired) electrons. The lowest BCUT2D eigenvalue weighted by Crippen LogP contribution is -2.50. The summed E-state index contributed by atoms with van der Waals surface area (Å²) in [7, 11) is 0. The molecule has 1 heteroatoms. The van der Waals surface area contributed by atoms with E-state index in [1.165, 1.54) is 18.4 Å². The molecule has 0 bridgehead atoms. The molecule has 3 rings (SSSR count). The van der Waals surface area contributed by atoms with Gasteiger partial charge in [-0.05, 0) is 49.3 Å². The van der Waals surface area contributed by atoms with Crippen molar-refractivity contribution < 1.29 is 7.48 Å².